The lowest BCUT2D eigenvalue weighted by Gasteiger charge is -2.11. The van der Waals surface area contributed by atoms with E-state index in [0.717, 1.165) is 4.31 Å². The lowest BCUT2D eigenvalue weighted by molar-refractivity contribution is 0.521. The summed E-state index contributed by atoms with van der Waals surface area (Å²) in [7, 11) is -0.612. The van der Waals surface area contributed by atoms with E-state index in [4.69, 9.17) is 11.0 Å². The number of hydrogen-bond donors (Lipinski definition) is 1. The number of sulfonamides is 1. The van der Waals surface area contributed by atoms with Crippen LogP contribution in [0, 0.1) is 11.3 Å². The largest absolute Gasteiger partial charge is 0.398 e. The Kier molecular flexibility index (Phi) is 2.98. The van der Waals surface area contributed by atoms with Gasteiger partial charge >= 0.3 is 0 Å². The Balaban J connectivity index is 3.33. The molecule has 1 aromatic carbocycles. The molecule has 0 heterocycles. The van der Waals surface area contributed by atoms with Gasteiger partial charge in [-0.2, -0.15) is 5.26 Å². The van der Waals surface area contributed by atoms with Crippen LogP contribution in [-0.2, 0) is 10.0 Å². The van der Waals surface area contributed by atoms with Crippen LogP contribution in [0.2, 0.25) is 0 Å². The van der Waals surface area contributed by atoms with Crippen molar-refractivity contribution in [2.75, 3.05) is 19.8 Å². The van der Waals surface area contributed by atoms with Crippen molar-refractivity contribution < 1.29 is 8.42 Å². The van der Waals surface area contributed by atoms with Gasteiger partial charge in [-0.25, -0.2) is 12.7 Å². The van der Waals surface area contributed by atoms with E-state index in [0.29, 0.717) is 0 Å². The summed E-state index contributed by atoms with van der Waals surface area (Å²) in [5, 5.41) is 8.63. The van der Waals surface area contributed by atoms with Gasteiger partial charge in [-0.05, 0) is 18.2 Å². The van der Waals surface area contributed by atoms with Gasteiger partial charge < -0.3 is 5.73 Å². The zero-order chi connectivity index (χ0) is 11.6. The van der Waals surface area contributed by atoms with Crippen molar-refractivity contribution in [3.05, 3.63) is 23.8 Å². The molecule has 0 aromatic heterocycles. The van der Waals surface area contributed by atoms with Crippen molar-refractivity contribution >= 4 is 15.7 Å². The highest BCUT2D eigenvalue weighted by Gasteiger charge is 2.17. The molecule has 0 fully saturated rings. The molecule has 1 rings (SSSR count). The van der Waals surface area contributed by atoms with Crippen LogP contribution in [0.15, 0.2) is 23.1 Å². The van der Waals surface area contributed by atoms with Crippen molar-refractivity contribution in [2.45, 2.75) is 4.90 Å². The molecule has 0 radical (unpaired) electrons. The first kappa shape index (κ1) is 11.5. The quantitative estimate of drug-likeness (QED) is 0.737. The topological polar surface area (TPSA) is 87.2 Å². The molecular weight excluding hydrogens is 214 g/mol. The third-order valence-corrected chi connectivity index (χ3v) is 3.73. The van der Waals surface area contributed by atoms with Crippen LogP contribution in [0.5, 0.6) is 0 Å². The van der Waals surface area contributed by atoms with Gasteiger partial charge in [-0.1, -0.05) is 0 Å². The van der Waals surface area contributed by atoms with E-state index < -0.39 is 10.0 Å². The standard InChI is InChI=1S/C9H11N3O2S/c1-12(2)15(13,14)8-4-3-7(6-10)9(11)5-8/h3-5H,11H2,1-2H3. The van der Waals surface area contributed by atoms with E-state index in [9.17, 15) is 8.42 Å². The minimum atomic E-state index is -3.48. The van der Waals surface area contributed by atoms with Crippen LogP contribution in [-0.4, -0.2) is 26.8 Å². The Morgan fingerprint density at radius 1 is 1.40 bits per heavy atom. The molecule has 0 amide bonds. The fourth-order valence-electron chi connectivity index (χ4n) is 1.01. The summed E-state index contributed by atoms with van der Waals surface area (Å²) < 4.78 is 24.4. The zero-order valence-corrected chi connectivity index (χ0v) is 9.25. The molecule has 0 spiro atoms. The average molecular weight is 225 g/mol. The van der Waals surface area contributed by atoms with E-state index in [-0.39, 0.29) is 16.1 Å². The summed E-state index contributed by atoms with van der Waals surface area (Å²) >= 11 is 0. The number of nitrogens with two attached hydrogens (primary N) is 1. The van der Waals surface area contributed by atoms with Crippen molar-refractivity contribution in [3.63, 3.8) is 0 Å². The summed E-state index contributed by atoms with van der Waals surface area (Å²) in [6.07, 6.45) is 0. The predicted octanol–water partition coefficient (Wildman–Crippen LogP) is 0.391. The molecule has 0 unspecified atom stereocenters. The molecule has 0 saturated carbocycles. The molecule has 0 aliphatic rings. The summed E-state index contributed by atoms with van der Waals surface area (Å²) in [5.41, 5.74) is 5.96. The maximum absolute atomic E-state index is 11.7. The second kappa shape index (κ2) is 3.88. The van der Waals surface area contributed by atoms with Crippen molar-refractivity contribution in [1.29, 1.82) is 5.26 Å². The normalized spacial score (nSPS) is 11.3. The van der Waals surface area contributed by atoms with Gasteiger partial charge in [0.2, 0.25) is 10.0 Å². The van der Waals surface area contributed by atoms with Crippen LogP contribution in [0.25, 0.3) is 0 Å². The molecule has 5 nitrogen and oxygen atoms in total. The minimum Gasteiger partial charge on any atom is -0.398 e. The number of benzene rings is 1. The number of anilines is 1. The molecule has 1 aromatic rings. The monoisotopic (exact) mass is 225 g/mol. The lowest BCUT2D eigenvalue weighted by atomic mass is 10.2. The van der Waals surface area contributed by atoms with Crippen LogP contribution in [0.1, 0.15) is 5.56 Å². The molecule has 6 heteroatoms. The minimum absolute atomic E-state index is 0.0870. The molecule has 0 saturated heterocycles. The van der Waals surface area contributed by atoms with E-state index in [1.165, 1.54) is 32.3 Å². The summed E-state index contributed by atoms with van der Waals surface area (Å²) in [5.74, 6) is 0. The molecular formula is C9H11N3O2S. The van der Waals surface area contributed by atoms with Gasteiger partial charge in [0.15, 0.2) is 0 Å². The molecule has 2 N–H and O–H groups in total. The lowest BCUT2D eigenvalue weighted by Crippen LogP contribution is -2.22. The highest BCUT2D eigenvalue weighted by atomic mass is 32.2. The fourth-order valence-corrected chi connectivity index (χ4v) is 1.95. The third kappa shape index (κ3) is 2.09. The SMILES string of the molecule is CN(C)S(=O)(=O)c1ccc(C#N)c(N)c1. The summed E-state index contributed by atoms with van der Waals surface area (Å²) in [6.45, 7) is 0. The van der Waals surface area contributed by atoms with Gasteiger partial charge in [0, 0.05) is 14.1 Å². The van der Waals surface area contributed by atoms with E-state index in [1.54, 1.807) is 0 Å². The Morgan fingerprint density at radius 3 is 2.40 bits per heavy atom. The third-order valence-electron chi connectivity index (χ3n) is 1.92. The predicted molar refractivity (Wildman–Crippen MR) is 56.4 cm³/mol. The average Bonchev–Trinajstić information content (AvgIpc) is 2.17. The maximum atomic E-state index is 11.7. The van der Waals surface area contributed by atoms with Gasteiger partial charge in [0.1, 0.15) is 6.07 Å². The van der Waals surface area contributed by atoms with Crippen molar-refractivity contribution in [1.82, 2.24) is 4.31 Å². The second-order valence-electron chi connectivity index (χ2n) is 3.15. The number of hydrogen-bond acceptors (Lipinski definition) is 4. The Labute approximate surface area is 88.8 Å². The molecule has 0 aliphatic carbocycles. The fraction of sp³-hybridized carbons (Fsp3) is 0.222. The first-order valence-electron chi connectivity index (χ1n) is 4.11. The molecule has 15 heavy (non-hydrogen) atoms. The zero-order valence-electron chi connectivity index (χ0n) is 8.43. The first-order valence-corrected chi connectivity index (χ1v) is 5.55. The van der Waals surface area contributed by atoms with Gasteiger partial charge in [-0.15, -0.1) is 0 Å². The van der Waals surface area contributed by atoms with Gasteiger partial charge in [0.25, 0.3) is 0 Å². The molecule has 0 atom stereocenters. The van der Waals surface area contributed by atoms with Gasteiger partial charge in [-0.3, -0.25) is 0 Å². The highest BCUT2D eigenvalue weighted by molar-refractivity contribution is 7.89. The highest BCUT2D eigenvalue weighted by Crippen LogP contribution is 2.19. The molecule has 0 aliphatic heterocycles. The Bertz CT molecular complexity index is 515. The number of nitrogen functional groups attached to an aromatic ring is 1. The van der Waals surface area contributed by atoms with Crippen molar-refractivity contribution in [2.24, 2.45) is 0 Å². The summed E-state index contributed by atoms with van der Waals surface area (Å²) in [6, 6.07) is 5.92. The maximum Gasteiger partial charge on any atom is 0.242 e. The smallest absolute Gasteiger partial charge is 0.242 e. The number of nitrogens with zero attached hydrogens (tertiary/aromatic N) is 2. The van der Waals surface area contributed by atoms with Gasteiger partial charge in [0.05, 0.1) is 16.1 Å². The number of rotatable bonds is 2. The molecule has 80 valence electrons. The van der Waals surface area contributed by atoms with Crippen LogP contribution >= 0.6 is 0 Å². The molecule has 0 bridgehead atoms. The summed E-state index contributed by atoms with van der Waals surface area (Å²) in [4.78, 5) is 0.0870. The van der Waals surface area contributed by atoms with Crippen molar-refractivity contribution in [3.8, 4) is 6.07 Å². The van der Waals surface area contributed by atoms with E-state index >= 15 is 0 Å². The number of nitriles is 1. The van der Waals surface area contributed by atoms with E-state index in [2.05, 4.69) is 0 Å². The van der Waals surface area contributed by atoms with Crippen LogP contribution in [0.3, 0.4) is 0 Å². The van der Waals surface area contributed by atoms with E-state index in [1.807, 2.05) is 6.07 Å². The first-order chi connectivity index (χ1) is 6.89. The van der Waals surface area contributed by atoms with Crippen LogP contribution in [0.4, 0.5) is 5.69 Å². The second-order valence-corrected chi connectivity index (χ2v) is 5.30. The Hall–Kier alpha value is -1.58. The Morgan fingerprint density at radius 2 is 2.00 bits per heavy atom. The van der Waals surface area contributed by atoms with Crippen LogP contribution < -0.4 is 5.73 Å².